The molecule has 0 unspecified atom stereocenters. The lowest BCUT2D eigenvalue weighted by Crippen LogP contribution is -2.35. The largest absolute Gasteiger partial charge is 0.487 e. The molecule has 0 aliphatic carbocycles. The fraction of sp³-hybridized carbons (Fsp3) is 0.600. The molecule has 0 fully saturated rings. The first-order valence-electron chi connectivity index (χ1n) is 7.52. The summed E-state index contributed by atoms with van der Waals surface area (Å²) in [6.07, 6.45) is 1.15. The minimum atomic E-state index is -2.19. The molecule has 0 saturated heterocycles. The first-order valence-corrected chi connectivity index (χ1v) is 10.1. The second kappa shape index (κ2) is 8.63. The summed E-state index contributed by atoms with van der Waals surface area (Å²) in [4.78, 5) is 0. The Morgan fingerprint density at radius 1 is 0.783 bits per heavy atom. The van der Waals surface area contributed by atoms with Crippen LogP contribution in [0.1, 0.15) is 26.7 Å². The zero-order valence-corrected chi connectivity index (χ0v) is 14.4. The van der Waals surface area contributed by atoms with Gasteiger partial charge < -0.3 is 9.16 Å². The standard InChI is InChI=1S/C15H21F5O2Si/c1-4-23(5-2,21-3)9-7-6-8-22-15-13(19)11(17)10(16)12(18)14(15)20/h4-9H2,1-3H3. The van der Waals surface area contributed by atoms with Crippen LogP contribution >= 0.6 is 0 Å². The van der Waals surface area contributed by atoms with Crippen molar-refractivity contribution in [2.24, 2.45) is 0 Å². The molecule has 0 atom stereocenters. The van der Waals surface area contributed by atoms with Crippen molar-refractivity contribution in [2.75, 3.05) is 13.7 Å². The van der Waals surface area contributed by atoms with Gasteiger partial charge >= 0.3 is 0 Å². The molecule has 8 heteroatoms. The Labute approximate surface area is 133 Å². The molecule has 0 aromatic heterocycles. The van der Waals surface area contributed by atoms with Crippen LogP contribution in [0.2, 0.25) is 18.1 Å². The van der Waals surface area contributed by atoms with Crippen LogP contribution in [0.25, 0.3) is 0 Å². The molecule has 0 radical (unpaired) electrons. The summed E-state index contributed by atoms with van der Waals surface area (Å²) in [6.45, 7) is 4.00. The van der Waals surface area contributed by atoms with E-state index >= 15 is 0 Å². The maximum Gasteiger partial charge on any atom is 0.206 e. The van der Waals surface area contributed by atoms with Gasteiger partial charge in [-0.05, 0) is 24.6 Å². The third kappa shape index (κ3) is 4.44. The highest BCUT2D eigenvalue weighted by Crippen LogP contribution is 2.29. The third-order valence-corrected chi connectivity index (χ3v) is 8.87. The highest BCUT2D eigenvalue weighted by molar-refractivity contribution is 6.73. The van der Waals surface area contributed by atoms with Crippen LogP contribution in [0, 0.1) is 29.1 Å². The van der Waals surface area contributed by atoms with Gasteiger partial charge in [0.2, 0.25) is 29.1 Å². The van der Waals surface area contributed by atoms with Gasteiger partial charge in [-0.1, -0.05) is 20.3 Å². The highest BCUT2D eigenvalue weighted by atomic mass is 28.4. The van der Waals surface area contributed by atoms with Crippen LogP contribution in [-0.4, -0.2) is 22.0 Å². The average molecular weight is 356 g/mol. The van der Waals surface area contributed by atoms with Gasteiger partial charge in [0.15, 0.2) is 14.1 Å². The van der Waals surface area contributed by atoms with E-state index in [0.717, 1.165) is 18.1 Å². The van der Waals surface area contributed by atoms with Gasteiger partial charge in [-0.25, -0.2) is 13.2 Å². The lowest BCUT2D eigenvalue weighted by atomic mass is 10.2. The van der Waals surface area contributed by atoms with Crippen LogP contribution in [0.3, 0.4) is 0 Å². The van der Waals surface area contributed by atoms with E-state index in [1.54, 1.807) is 7.11 Å². The predicted molar refractivity (Wildman–Crippen MR) is 79.5 cm³/mol. The van der Waals surface area contributed by atoms with Crippen LogP contribution in [-0.2, 0) is 4.43 Å². The molecular formula is C15H21F5O2Si. The van der Waals surface area contributed by atoms with Gasteiger partial charge in [0.1, 0.15) is 0 Å². The predicted octanol–water partition coefficient (Wildman–Crippen LogP) is 5.17. The topological polar surface area (TPSA) is 18.5 Å². The van der Waals surface area contributed by atoms with Crippen LogP contribution < -0.4 is 4.74 Å². The Balaban J connectivity index is 2.61. The van der Waals surface area contributed by atoms with E-state index in [4.69, 9.17) is 9.16 Å². The Kier molecular flexibility index (Phi) is 7.46. The Bertz CT molecular complexity index is 498. The van der Waals surface area contributed by atoms with Crippen molar-refractivity contribution in [3.05, 3.63) is 29.1 Å². The first kappa shape index (κ1) is 19.9. The van der Waals surface area contributed by atoms with E-state index in [1.807, 2.05) is 0 Å². The molecule has 0 heterocycles. The van der Waals surface area contributed by atoms with Crippen molar-refractivity contribution in [3.63, 3.8) is 0 Å². The molecule has 1 aromatic rings. The SMILES string of the molecule is CC[Si](CC)(CCCCOc1c(F)c(F)c(F)c(F)c1F)OC. The van der Waals surface area contributed by atoms with Gasteiger partial charge in [-0.2, -0.15) is 8.78 Å². The maximum absolute atomic E-state index is 13.4. The van der Waals surface area contributed by atoms with Gasteiger partial charge in [-0.3, -0.25) is 0 Å². The summed E-state index contributed by atoms with van der Waals surface area (Å²) >= 11 is 0. The molecule has 0 bridgehead atoms. The Hall–Kier alpha value is -1.15. The quantitative estimate of drug-likeness (QED) is 0.200. The summed E-state index contributed by atoms with van der Waals surface area (Å²) in [6, 6.07) is 2.77. The number of unbranched alkanes of at least 4 members (excludes halogenated alkanes) is 1. The van der Waals surface area contributed by atoms with Crippen molar-refractivity contribution >= 4 is 8.32 Å². The molecule has 1 rings (SSSR count). The van der Waals surface area contributed by atoms with Crippen molar-refractivity contribution in [1.82, 2.24) is 0 Å². The smallest absolute Gasteiger partial charge is 0.206 e. The fourth-order valence-electron chi connectivity index (χ4n) is 2.43. The molecule has 0 saturated carbocycles. The number of hydrogen-bond acceptors (Lipinski definition) is 2. The molecule has 0 N–H and O–H groups in total. The number of ether oxygens (including phenoxy) is 1. The van der Waals surface area contributed by atoms with Crippen molar-refractivity contribution in [3.8, 4) is 5.75 Å². The van der Waals surface area contributed by atoms with Crippen molar-refractivity contribution < 1.29 is 31.1 Å². The fourth-order valence-corrected chi connectivity index (χ4v) is 5.31. The first-order chi connectivity index (χ1) is 10.8. The number of halogens is 5. The zero-order valence-electron chi connectivity index (χ0n) is 13.4. The third-order valence-electron chi connectivity index (χ3n) is 4.16. The maximum atomic E-state index is 13.4. The molecular weight excluding hydrogens is 335 g/mol. The minimum absolute atomic E-state index is 0.125. The minimum Gasteiger partial charge on any atom is -0.487 e. The average Bonchev–Trinajstić information content (AvgIpc) is 2.57. The molecule has 0 aliphatic rings. The molecule has 0 spiro atoms. The lowest BCUT2D eigenvalue weighted by molar-refractivity contribution is 0.257. The molecule has 2 nitrogen and oxygen atoms in total. The van der Waals surface area contributed by atoms with E-state index in [9.17, 15) is 22.0 Å². The summed E-state index contributed by atoms with van der Waals surface area (Å²) in [5, 5.41) is 0. The second-order valence-electron chi connectivity index (χ2n) is 5.30. The normalized spacial score (nSPS) is 11.8. The highest BCUT2D eigenvalue weighted by Gasteiger charge is 2.29. The monoisotopic (exact) mass is 356 g/mol. The Morgan fingerprint density at radius 2 is 1.26 bits per heavy atom. The van der Waals surface area contributed by atoms with E-state index in [2.05, 4.69) is 13.8 Å². The number of benzene rings is 1. The summed E-state index contributed by atoms with van der Waals surface area (Å²) < 4.78 is 76.1. The van der Waals surface area contributed by atoms with Crippen molar-refractivity contribution in [2.45, 2.75) is 44.8 Å². The summed E-state index contributed by atoms with van der Waals surface area (Å²) in [5.74, 6) is -11.3. The van der Waals surface area contributed by atoms with Crippen LogP contribution in [0.15, 0.2) is 0 Å². The number of rotatable bonds is 9. The Morgan fingerprint density at radius 3 is 1.70 bits per heavy atom. The molecule has 23 heavy (non-hydrogen) atoms. The summed E-state index contributed by atoms with van der Waals surface area (Å²) in [5.41, 5.74) is 0. The van der Waals surface area contributed by atoms with Gasteiger partial charge in [0, 0.05) is 7.11 Å². The summed E-state index contributed by atoms with van der Waals surface area (Å²) in [7, 11) is -0.0821. The van der Waals surface area contributed by atoms with E-state index in [-0.39, 0.29) is 6.61 Å². The van der Waals surface area contributed by atoms with E-state index < -0.39 is 43.2 Å². The zero-order chi connectivity index (χ0) is 17.6. The van der Waals surface area contributed by atoms with E-state index in [0.29, 0.717) is 12.8 Å². The lowest BCUT2D eigenvalue weighted by Gasteiger charge is -2.27. The number of hydrogen-bond donors (Lipinski definition) is 0. The second-order valence-corrected chi connectivity index (χ2v) is 9.99. The molecule has 0 amide bonds. The van der Waals surface area contributed by atoms with Crippen molar-refractivity contribution in [1.29, 1.82) is 0 Å². The van der Waals surface area contributed by atoms with Gasteiger partial charge in [0.05, 0.1) is 6.61 Å². The van der Waals surface area contributed by atoms with Crippen LogP contribution in [0.4, 0.5) is 22.0 Å². The molecule has 132 valence electrons. The van der Waals surface area contributed by atoms with E-state index in [1.165, 1.54) is 0 Å². The van der Waals surface area contributed by atoms with Gasteiger partial charge in [0.25, 0.3) is 0 Å². The molecule has 0 aliphatic heterocycles. The molecule has 1 aromatic carbocycles. The van der Waals surface area contributed by atoms with Gasteiger partial charge in [-0.15, -0.1) is 0 Å². The van der Waals surface area contributed by atoms with Crippen LogP contribution in [0.5, 0.6) is 5.75 Å².